The largest absolute Gasteiger partial charge is 0.398 e. The summed E-state index contributed by atoms with van der Waals surface area (Å²) < 4.78 is 2.08. The zero-order chi connectivity index (χ0) is 14.1. The molecule has 0 amide bonds. The molecule has 2 aromatic rings. The van der Waals surface area contributed by atoms with Crippen molar-refractivity contribution in [3.05, 3.63) is 23.8 Å². The summed E-state index contributed by atoms with van der Waals surface area (Å²) in [6.07, 6.45) is 4.27. The molecule has 1 heterocycles. The Hall–Kier alpha value is -1.91. The van der Waals surface area contributed by atoms with Gasteiger partial charge in [-0.05, 0) is 71.9 Å². The highest BCUT2D eigenvalue weighted by Crippen LogP contribution is 2.71. The van der Waals surface area contributed by atoms with Crippen LogP contribution in [-0.4, -0.2) is 20.2 Å². The van der Waals surface area contributed by atoms with Crippen LogP contribution in [0.5, 0.6) is 0 Å². The van der Waals surface area contributed by atoms with E-state index in [0.29, 0.717) is 6.04 Å². The Labute approximate surface area is 123 Å². The van der Waals surface area contributed by atoms with Crippen LogP contribution >= 0.6 is 0 Å². The Morgan fingerprint density at radius 2 is 1.95 bits per heavy atom. The average molecular weight is 281 g/mol. The van der Waals surface area contributed by atoms with E-state index < -0.39 is 0 Å². The van der Waals surface area contributed by atoms with Crippen LogP contribution in [0.2, 0.25) is 0 Å². The summed E-state index contributed by atoms with van der Waals surface area (Å²) in [6.45, 7) is 2.04. The Morgan fingerprint density at radius 3 is 2.71 bits per heavy atom. The summed E-state index contributed by atoms with van der Waals surface area (Å²) >= 11 is 0. The molecule has 3 saturated carbocycles. The number of benzene rings is 1. The molecular formula is C16H19N5. The van der Waals surface area contributed by atoms with Gasteiger partial charge in [-0.25, -0.2) is 4.68 Å². The van der Waals surface area contributed by atoms with Gasteiger partial charge >= 0.3 is 0 Å². The van der Waals surface area contributed by atoms with Crippen LogP contribution in [0.1, 0.15) is 30.9 Å². The van der Waals surface area contributed by atoms with Gasteiger partial charge in [0.15, 0.2) is 5.82 Å². The molecule has 0 spiro atoms. The molecule has 0 aliphatic heterocycles. The van der Waals surface area contributed by atoms with Crippen LogP contribution in [-0.2, 0) is 0 Å². The molecule has 108 valence electrons. The second kappa shape index (κ2) is 3.84. The van der Waals surface area contributed by atoms with Crippen LogP contribution < -0.4 is 5.73 Å². The lowest BCUT2D eigenvalue weighted by Crippen LogP contribution is -2.09. The van der Waals surface area contributed by atoms with Crippen molar-refractivity contribution in [3.8, 4) is 11.4 Å². The quantitative estimate of drug-likeness (QED) is 0.858. The summed E-state index contributed by atoms with van der Waals surface area (Å²) in [4.78, 5) is 0. The zero-order valence-corrected chi connectivity index (χ0v) is 12.1. The molecule has 3 aliphatic carbocycles. The normalized spacial score (nSPS) is 36.0. The Bertz CT molecular complexity index is 705. The molecule has 1 aromatic carbocycles. The fourth-order valence-corrected chi connectivity index (χ4v) is 5.07. The van der Waals surface area contributed by atoms with Gasteiger partial charge in [-0.3, -0.25) is 0 Å². The van der Waals surface area contributed by atoms with E-state index in [4.69, 9.17) is 5.73 Å². The first-order valence-corrected chi connectivity index (χ1v) is 7.89. The number of tetrazole rings is 1. The van der Waals surface area contributed by atoms with E-state index in [2.05, 4.69) is 26.3 Å². The van der Waals surface area contributed by atoms with Crippen LogP contribution in [0.3, 0.4) is 0 Å². The highest BCUT2D eigenvalue weighted by Gasteiger charge is 2.66. The number of rotatable bonds is 2. The topological polar surface area (TPSA) is 69.6 Å². The number of nitrogens with zero attached hydrogens (tertiary/aromatic N) is 4. The van der Waals surface area contributed by atoms with E-state index in [0.717, 1.165) is 46.3 Å². The summed E-state index contributed by atoms with van der Waals surface area (Å²) in [6, 6.07) is 6.51. The van der Waals surface area contributed by atoms with Crippen molar-refractivity contribution in [2.24, 2.45) is 23.7 Å². The fourth-order valence-electron chi connectivity index (χ4n) is 5.07. The molecule has 5 heteroatoms. The number of anilines is 1. The minimum Gasteiger partial charge on any atom is -0.398 e. The van der Waals surface area contributed by atoms with Gasteiger partial charge in [0.25, 0.3) is 0 Å². The monoisotopic (exact) mass is 281 g/mol. The Balaban J connectivity index is 1.56. The second-order valence-corrected chi connectivity index (χ2v) is 6.95. The summed E-state index contributed by atoms with van der Waals surface area (Å²) in [5.41, 5.74) is 8.98. The van der Waals surface area contributed by atoms with E-state index in [1.807, 2.05) is 19.1 Å². The molecule has 5 rings (SSSR count). The van der Waals surface area contributed by atoms with Crippen molar-refractivity contribution in [1.82, 2.24) is 20.2 Å². The number of nitrogens with two attached hydrogens (primary N) is 1. The lowest BCUT2D eigenvalue weighted by molar-refractivity contribution is 0.427. The van der Waals surface area contributed by atoms with Crippen LogP contribution in [0, 0.1) is 30.6 Å². The third-order valence-corrected chi connectivity index (χ3v) is 6.09. The van der Waals surface area contributed by atoms with Crippen LogP contribution in [0.25, 0.3) is 11.4 Å². The maximum absolute atomic E-state index is 6.04. The first-order valence-electron chi connectivity index (χ1n) is 7.89. The highest BCUT2D eigenvalue weighted by molar-refractivity contribution is 5.67. The molecule has 0 saturated heterocycles. The van der Waals surface area contributed by atoms with E-state index in [1.54, 1.807) is 0 Å². The molecular weight excluding hydrogens is 262 g/mol. The summed E-state index contributed by atoms with van der Waals surface area (Å²) in [5.74, 6) is 4.38. The Morgan fingerprint density at radius 1 is 1.19 bits per heavy atom. The van der Waals surface area contributed by atoms with E-state index in [1.165, 1.54) is 19.3 Å². The molecule has 3 aliphatic rings. The van der Waals surface area contributed by atoms with Crippen molar-refractivity contribution >= 4 is 5.69 Å². The molecule has 21 heavy (non-hydrogen) atoms. The number of nitrogen functional groups attached to an aromatic ring is 1. The smallest absolute Gasteiger partial charge is 0.182 e. The minimum atomic E-state index is 0.530. The molecule has 5 nitrogen and oxygen atoms in total. The maximum Gasteiger partial charge on any atom is 0.182 e. The average Bonchev–Trinajstić information content (AvgIpc) is 2.90. The summed E-state index contributed by atoms with van der Waals surface area (Å²) in [5, 5.41) is 12.6. The maximum atomic E-state index is 6.04. The van der Waals surface area contributed by atoms with E-state index in [-0.39, 0.29) is 0 Å². The number of hydrogen-bond donors (Lipinski definition) is 1. The van der Waals surface area contributed by atoms with Crippen LogP contribution in [0.4, 0.5) is 5.69 Å². The van der Waals surface area contributed by atoms with Crippen molar-refractivity contribution in [1.29, 1.82) is 0 Å². The van der Waals surface area contributed by atoms with Gasteiger partial charge in [0, 0.05) is 11.3 Å². The van der Waals surface area contributed by atoms with Gasteiger partial charge in [-0.15, -0.1) is 5.10 Å². The van der Waals surface area contributed by atoms with Crippen LogP contribution in [0.15, 0.2) is 18.2 Å². The molecule has 2 N–H and O–H groups in total. The van der Waals surface area contributed by atoms with Gasteiger partial charge in [-0.1, -0.05) is 12.1 Å². The molecule has 4 unspecified atom stereocenters. The summed E-state index contributed by atoms with van der Waals surface area (Å²) in [7, 11) is 0. The SMILES string of the molecule is Cc1c(N)cccc1-c1nnnn1C1C2C3CCC(C3)C21. The highest BCUT2D eigenvalue weighted by atomic mass is 15.6. The van der Waals surface area contributed by atoms with Gasteiger partial charge in [0.05, 0.1) is 6.04 Å². The fraction of sp³-hybridized carbons (Fsp3) is 0.562. The molecule has 0 radical (unpaired) electrons. The number of fused-ring (bicyclic) bond motifs is 5. The van der Waals surface area contributed by atoms with E-state index in [9.17, 15) is 0 Å². The number of aromatic nitrogens is 4. The predicted octanol–water partition coefficient (Wildman–Crippen LogP) is 2.45. The zero-order valence-electron chi connectivity index (χ0n) is 12.1. The number of hydrogen-bond acceptors (Lipinski definition) is 4. The van der Waals surface area contributed by atoms with Crippen molar-refractivity contribution < 1.29 is 0 Å². The lowest BCUT2D eigenvalue weighted by atomic mass is 10.0. The molecule has 4 atom stereocenters. The van der Waals surface area contributed by atoms with Gasteiger partial charge in [0.1, 0.15) is 0 Å². The predicted molar refractivity (Wildman–Crippen MR) is 79.3 cm³/mol. The molecule has 2 bridgehead atoms. The van der Waals surface area contributed by atoms with Gasteiger partial charge in [0.2, 0.25) is 0 Å². The molecule has 1 aromatic heterocycles. The minimum absolute atomic E-state index is 0.530. The van der Waals surface area contributed by atoms with Crippen molar-refractivity contribution in [2.75, 3.05) is 5.73 Å². The Kier molecular flexibility index (Phi) is 2.14. The first kappa shape index (κ1) is 11.7. The lowest BCUT2D eigenvalue weighted by Gasteiger charge is -2.12. The first-order chi connectivity index (χ1) is 10.3. The molecule has 3 fully saturated rings. The third kappa shape index (κ3) is 1.44. The van der Waals surface area contributed by atoms with Crippen molar-refractivity contribution in [3.63, 3.8) is 0 Å². The van der Waals surface area contributed by atoms with Gasteiger partial charge < -0.3 is 5.73 Å². The third-order valence-electron chi connectivity index (χ3n) is 6.09. The van der Waals surface area contributed by atoms with Gasteiger partial charge in [-0.2, -0.15) is 0 Å². The van der Waals surface area contributed by atoms with E-state index >= 15 is 0 Å². The van der Waals surface area contributed by atoms with Crippen molar-refractivity contribution in [2.45, 2.75) is 32.2 Å². The second-order valence-electron chi connectivity index (χ2n) is 6.95. The standard InChI is InChI=1S/C16H19N5/c1-8-11(3-2-4-12(8)17)16-18-19-20-21(16)15-13-9-5-6-10(7-9)14(13)15/h2-4,9-10,13-15H,5-7,17H2,1H3.